The van der Waals surface area contributed by atoms with Crippen LogP contribution in [0, 0.1) is 0 Å². The lowest BCUT2D eigenvalue weighted by atomic mass is 9.93. The lowest BCUT2D eigenvalue weighted by molar-refractivity contribution is -0.440. The van der Waals surface area contributed by atoms with E-state index in [1.807, 2.05) is 0 Å². The molecule has 0 spiro atoms. The number of hydrogen-bond donors (Lipinski definition) is 0. The molecular formula is C14H19F13O3Si-. The average molecular weight is 510 g/mol. The van der Waals surface area contributed by atoms with Gasteiger partial charge in [0.15, 0.2) is 0 Å². The molecule has 17 heteroatoms. The van der Waals surface area contributed by atoms with Crippen molar-refractivity contribution in [2.75, 3.05) is 19.8 Å². The first-order valence-electron chi connectivity index (χ1n) is 8.51. The first kappa shape index (κ1) is 30.2. The maximum absolute atomic E-state index is 13.9. The van der Waals surface area contributed by atoms with Gasteiger partial charge in [0.2, 0.25) is 0 Å². The van der Waals surface area contributed by atoms with E-state index in [9.17, 15) is 57.1 Å². The molecule has 0 aromatic heterocycles. The third-order valence-corrected chi connectivity index (χ3v) is 6.88. The topological polar surface area (TPSA) is 27.7 Å². The Balaban J connectivity index is 6.11. The summed E-state index contributed by atoms with van der Waals surface area (Å²) in [5.74, 6) is -37.0. The fourth-order valence-corrected chi connectivity index (χ4v) is 4.89. The van der Waals surface area contributed by atoms with Gasteiger partial charge in [-0.3, -0.25) is 0 Å². The van der Waals surface area contributed by atoms with Crippen LogP contribution in [0.15, 0.2) is 0 Å². The third kappa shape index (κ3) is 5.40. The quantitative estimate of drug-likeness (QED) is 0.219. The van der Waals surface area contributed by atoms with E-state index < -0.39 is 57.1 Å². The van der Waals surface area contributed by atoms with Gasteiger partial charge in [-0.05, 0) is 27.2 Å². The van der Waals surface area contributed by atoms with E-state index in [-0.39, 0.29) is 19.8 Å². The Kier molecular flexibility index (Phi) is 9.33. The van der Waals surface area contributed by atoms with Crippen LogP contribution < -0.4 is 0 Å². The third-order valence-electron chi connectivity index (χ3n) is 3.84. The van der Waals surface area contributed by atoms with Crippen molar-refractivity contribution >= 4 is 8.80 Å². The second-order valence-electron chi connectivity index (χ2n) is 5.98. The standard InChI is InChI=1S/C14H19F13O3Si/c1-4-28-31(29-5-2,30-6-3)8-7-9(15,16)10(17,18)11(19,20)12(21,22)13(23,24)14(25,26)27/h4-8H2,1-3H3/q-1. The predicted octanol–water partition coefficient (Wildman–Crippen LogP) is 6.16. The Hall–Kier alpha value is -0.813. The molecule has 0 unspecified atom stereocenters. The largest absolute Gasteiger partial charge is 0.525 e. The number of alkyl halides is 13. The molecule has 0 aliphatic rings. The molecule has 3 nitrogen and oxygen atoms in total. The molecule has 0 aromatic rings. The zero-order valence-electron chi connectivity index (χ0n) is 16.2. The predicted molar refractivity (Wildman–Crippen MR) is 80.8 cm³/mol. The van der Waals surface area contributed by atoms with Crippen LogP contribution in [0.3, 0.4) is 0 Å². The molecule has 0 radical (unpaired) electrons. The first-order valence-corrected chi connectivity index (χ1v) is 10.4. The maximum atomic E-state index is 13.9. The molecule has 0 heterocycles. The van der Waals surface area contributed by atoms with E-state index >= 15 is 0 Å². The highest BCUT2D eigenvalue weighted by molar-refractivity contribution is 6.60. The van der Waals surface area contributed by atoms with E-state index in [0.717, 1.165) is 0 Å². The molecule has 0 fully saturated rings. The molecule has 0 bridgehead atoms. The first-order chi connectivity index (χ1) is 13.6. The minimum atomic E-state index is -7.92. The Morgan fingerprint density at radius 3 is 1.13 bits per heavy atom. The summed E-state index contributed by atoms with van der Waals surface area (Å²) in [4.78, 5) is 0. The van der Waals surface area contributed by atoms with Crippen LogP contribution >= 0.6 is 0 Å². The molecule has 0 rings (SSSR count). The monoisotopic (exact) mass is 510 g/mol. The van der Waals surface area contributed by atoms with Gasteiger partial charge in [-0.25, -0.2) is 0 Å². The summed E-state index contributed by atoms with van der Waals surface area (Å²) >= 11 is 0. The van der Waals surface area contributed by atoms with Crippen LogP contribution in [0.25, 0.3) is 0 Å². The molecule has 31 heavy (non-hydrogen) atoms. The van der Waals surface area contributed by atoms with Gasteiger partial charge >= 0.3 is 35.8 Å². The minimum Gasteiger partial charge on any atom is -0.525 e. The van der Waals surface area contributed by atoms with Gasteiger partial charge in [0.1, 0.15) is 0 Å². The molecule has 0 saturated carbocycles. The highest BCUT2D eigenvalue weighted by atomic mass is 28.4. The molecule has 189 valence electrons. The van der Waals surface area contributed by atoms with Gasteiger partial charge in [-0.2, -0.15) is 57.1 Å². The van der Waals surface area contributed by atoms with Crippen molar-refractivity contribution in [2.24, 2.45) is 0 Å². The zero-order chi connectivity index (χ0) is 25.2. The van der Waals surface area contributed by atoms with Crippen molar-refractivity contribution in [3.63, 3.8) is 0 Å². The van der Waals surface area contributed by atoms with Crippen molar-refractivity contribution in [3.8, 4) is 0 Å². The summed E-state index contributed by atoms with van der Waals surface area (Å²) in [6.45, 7) is 3.00. The van der Waals surface area contributed by atoms with Crippen molar-refractivity contribution in [1.82, 2.24) is 0 Å². The molecule has 0 atom stereocenters. The van der Waals surface area contributed by atoms with Crippen LogP contribution in [-0.2, 0) is 13.3 Å². The lowest BCUT2D eigenvalue weighted by Gasteiger charge is -2.44. The van der Waals surface area contributed by atoms with Crippen LogP contribution in [0.1, 0.15) is 27.2 Å². The Labute approximate surface area is 169 Å². The van der Waals surface area contributed by atoms with E-state index in [0.29, 0.717) is 0 Å². The van der Waals surface area contributed by atoms with Gasteiger partial charge in [-0.15, -0.1) is 0 Å². The number of rotatable bonds is 13. The SMILES string of the molecule is CCO[Si-](CCC(F)(F)C(F)(F)C(F)(F)C(F)(F)C(F)(F)C(F)(F)F)(OCC)OCC. The van der Waals surface area contributed by atoms with Crippen molar-refractivity contribution in [3.05, 3.63) is 0 Å². The zero-order valence-corrected chi connectivity index (χ0v) is 17.2. The lowest BCUT2D eigenvalue weighted by Crippen LogP contribution is -2.70. The molecule has 0 saturated heterocycles. The average Bonchev–Trinajstić information content (AvgIpc) is 2.59. The molecule has 0 aromatic carbocycles. The van der Waals surface area contributed by atoms with Gasteiger partial charge in [0.05, 0.1) is 0 Å². The van der Waals surface area contributed by atoms with Crippen molar-refractivity contribution in [2.45, 2.75) is 69.0 Å². The Morgan fingerprint density at radius 1 is 0.516 bits per heavy atom. The molecule has 0 amide bonds. The molecule has 0 aliphatic heterocycles. The summed E-state index contributed by atoms with van der Waals surface area (Å²) in [7, 11) is -4.23. The number of hydrogen-bond acceptors (Lipinski definition) is 3. The highest BCUT2D eigenvalue weighted by Crippen LogP contribution is 2.60. The van der Waals surface area contributed by atoms with E-state index in [1.54, 1.807) is 0 Å². The van der Waals surface area contributed by atoms with Crippen LogP contribution in [0.5, 0.6) is 0 Å². The Morgan fingerprint density at radius 2 is 0.839 bits per heavy atom. The van der Waals surface area contributed by atoms with E-state index in [4.69, 9.17) is 13.3 Å². The molecule has 0 N–H and O–H groups in total. The second-order valence-corrected chi connectivity index (χ2v) is 8.71. The fourth-order valence-electron chi connectivity index (χ4n) is 2.27. The van der Waals surface area contributed by atoms with Crippen LogP contribution in [0.4, 0.5) is 57.1 Å². The summed E-state index contributed by atoms with van der Waals surface area (Å²) < 4.78 is 186. The highest BCUT2D eigenvalue weighted by Gasteiger charge is 2.90. The maximum Gasteiger partial charge on any atom is 0.460 e. The van der Waals surface area contributed by atoms with E-state index in [2.05, 4.69) is 0 Å². The minimum absolute atomic E-state index is 0.291. The van der Waals surface area contributed by atoms with Gasteiger partial charge < -0.3 is 13.3 Å². The van der Waals surface area contributed by atoms with Gasteiger partial charge in [0.25, 0.3) is 8.80 Å². The summed E-state index contributed by atoms with van der Waals surface area (Å²) in [6, 6.07) is -1.36. The Bertz CT molecular complexity index is 563. The fraction of sp³-hybridized carbons (Fsp3) is 1.00. The van der Waals surface area contributed by atoms with Gasteiger partial charge in [0, 0.05) is 19.8 Å². The van der Waals surface area contributed by atoms with Crippen LogP contribution in [-0.4, -0.2) is 64.4 Å². The summed E-state index contributed by atoms with van der Waals surface area (Å²) in [5.41, 5.74) is 0. The number of halogens is 13. The smallest absolute Gasteiger partial charge is 0.460 e. The van der Waals surface area contributed by atoms with Gasteiger partial charge in [-0.1, -0.05) is 6.04 Å². The van der Waals surface area contributed by atoms with Crippen molar-refractivity contribution < 1.29 is 70.4 Å². The molecule has 0 aliphatic carbocycles. The summed E-state index contributed by atoms with van der Waals surface area (Å²) in [6.07, 6.45) is -9.85. The second kappa shape index (κ2) is 9.58. The molecular weight excluding hydrogens is 491 g/mol. The van der Waals surface area contributed by atoms with E-state index in [1.165, 1.54) is 20.8 Å². The van der Waals surface area contributed by atoms with Crippen LogP contribution in [0.2, 0.25) is 6.04 Å². The summed E-state index contributed by atoms with van der Waals surface area (Å²) in [5, 5.41) is 0. The van der Waals surface area contributed by atoms with Crippen molar-refractivity contribution in [1.29, 1.82) is 0 Å². The normalized spacial score (nSPS) is 15.5.